The lowest BCUT2D eigenvalue weighted by molar-refractivity contribution is -0.384. The summed E-state index contributed by atoms with van der Waals surface area (Å²) in [5.74, 6) is 0.641. The minimum atomic E-state index is -0.428. The van der Waals surface area contributed by atoms with E-state index in [1.54, 1.807) is 30.6 Å². The summed E-state index contributed by atoms with van der Waals surface area (Å²) in [6, 6.07) is 8.06. The molecule has 0 aliphatic rings. The van der Waals surface area contributed by atoms with Gasteiger partial charge in [-0.3, -0.25) is 15.1 Å². The number of benzene rings is 1. The van der Waals surface area contributed by atoms with Crippen LogP contribution < -0.4 is 4.74 Å². The van der Waals surface area contributed by atoms with Gasteiger partial charge in [-0.25, -0.2) is 0 Å². The molecule has 1 aromatic carbocycles. The number of hydrogen-bond acceptors (Lipinski definition) is 4. The number of pyridine rings is 1. The highest BCUT2D eigenvalue weighted by Crippen LogP contribution is 2.18. The van der Waals surface area contributed by atoms with E-state index in [4.69, 9.17) is 4.74 Å². The van der Waals surface area contributed by atoms with Crippen LogP contribution in [-0.4, -0.2) is 9.91 Å². The Morgan fingerprint density at radius 2 is 2.00 bits per heavy atom. The predicted molar refractivity (Wildman–Crippen MR) is 69.4 cm³/mol. The molecule has 2 aromatic rings. The minimum absolute atomic E-state index is 0.0721. The first-order valence-corrected chi connectivity index (χ1v) is 5.91. The second kappa shape index (κ2) is 5.59. The van der Waals surface area contributed by atoms with Gasteiger partial charge in [-0.2, -0.15) is 0 Å². The summed E-state index contributed by atoms with van der Waals surface area (Å²) in [5, 5.41) is 10.5. The lowest BCUT2D eigenvalue weighted by atomic mass is 10.2. The van der Waals surface area contributed by atoms with Gasteiger partial charge >= 0.3 is 0 Å². The van der Waals surface area contributed by atoms with Crippen molar-refractivity contribution < 1.29 is 9.66 Å². The van der Waals surface area contributed by atoms with E-state index in [0.29, 0.717) is 12.4 Å². The summed E-state index contributed by atoms with van der Waals surface area (Å²) in [6.45, 7) is 0.343. The molecular formula is C12H9BrN2O3. The van der Waals surface area contributed by atoms with Gasteiger partial charge < -0.3 is 4.74 Å². The molecule has 0 bridgehead atoms. The van der Waals surface area contributed by atoms with E-state index in [0.717, 1.165) is 10.0 Å². The Morgan fingerprint density at radius 3 is 2.61 bits per heavy atom. The van der Waals surface area contributed by atoms with Gasteiger partial charge in [0.2, 0.25) is 0 Å². The first kappa shape index (κ1) is 12.5. The third kappa shape index (κ3) is 3.27. The first-order valence-electron chi connectivity index (χ1n) is 5.12. The lowest BCUT2D eigenvalue weighted by Gasteiger charge is -2.05. The number of non-ortho nitro benzene ring substituents is 1. The van der Waals surface area contributed by atoms with Crippen molar-refractivity contribution in [2.24, 2.45) is 0 Å². The zero-order chi connectivity index (χ0) is 13.0. The van der Waals surface area contributed by atoms with Crippen LogP contribution in [-0.2, 0) is 6.61 Å². The van der Waals surface area contributed by atoms with Crippen molar-refractivity contribution in [3.8, 4) is 5.75 Å². The molecular weight excluding hydrogens is 300 g/mol. The van der Waals surface area contributed by atoms with Crippen molar-refractivity contribution in [3.63, 3.8) is 0 Å². The number of aromatic nitrogens is 1. The predicted octanol–water partition coefficient (Wildman–Crippen LogP) is 3.33. The third-order valence-corrected chi connectivity index (χ3v) is 2.67. The summed E-state index contributed by atoms with van der Waals surface area (Å²) in [6.07, 6.45) is 3.27. The van der Waals surface area contributed by atoms with E-state index >= 15 is 0 Å². The molecule has 18 heavy (non-hydrogen) atoms. The molecule has 0 radical (unpaired) electrons. The fourth-order valence-corrected chi connectivity index (χ4v) is 1.70. The summed E-state index contributed by atoms with van der Waals surface area (Å²) < 4.78 is 6.35. The second-order valence-electron chi connectivity index (χ2n) is 3.55. The average molecular weight is 309 g/mol. The number of nitrogens with zero attached hydrogens (tertiary/aromatic N) is 2. The molecule has 0 saturated carbocycles. The van der Waals surface area contributed by atoms with Crippen LogP contribution in [0.25, 0.3) is 0 Å². The van der Waals surface area contributed by atoms with Gasteiger partial charge in [0.25, 0.3) is 5.69 Å². The first-order chi connectivity index (χ1) is 8.65. The van der Waals surface area contributed by atoms with E-state index in [9.17, 15) is 10.1 Å². The number of hydrogen-bond donors (Lipinski definition) is 0. The summed E-state index contributed by atoms with van der Waals surface area (Å²) in [5.41, 5.74) is 0.934. The smallest absolute Gasteiger partial charge is 0.269 e. The standard InChI is InChI=1S/C12H9BrN2O3/c13-10-5-12(7-14-6-10)18-8-9-1-3-11(4-2-9)15(16)17/h1-7H,8H2. The van der Waals surface area contributed by atoms with Crippen molar-refractivity contribution >= 4 is 21.6 Å². The maximum atomic E-state index is 10.5. The second-order valence-corrected chi connectivity index (χ2v) is 4.47. The van der Waals surface area contributed by atoms with Gasteiger partial charge in [0.05, 0.1) is 11.1 Å². The van der Waals surface area contributed by atoms with Crippen LogP contribution in [0.5, 0.6) is 5.75 Å². The molecule has 0 aliphatic carbocycles. The normalized spacial score (nSPS) is 10.1. The molecule has 0 fully saturated rings. The highest BCUT2D eigenvalue weighted by atomic mass is 79.9. The molecule has 1 heterocycles. The molecule has 0 spiro atoms. The van der Waals surface area contributed by atoms with Crippen LogP contribution in [0.1, 0.15) is 5.56 Å². The number of ether oxygens (including phenoxy) is 1. The molecule has 0 aliphatic heterocycles. The maximum Gasteiger partial charge on any atom is 0.269 e. The Hall–Kier alpha value is -1.95. The molecule has 0 saturated heterocycles. The van der Waals surface area contributed by atoms with Crippen molar-refractivity contribution in [2.45, 2.75) is 6.61 Å². The van der Waals surface area contributed by atoms with Crippen LogP contribution >= 0.6 is 15.9 Å². The Bertz CT molecular complexity index is 558. The third-order valence-electron chi connectivity index (χ3n) is 2.23. The van der Waals surface area contributed by atoms with E-state index in [-0.39, 0.29) is 5.69 Å². The van der Waals surface area contributed by atoms with E-state index < -0.39 is 4.92 Å². The van der Waals surface area contributed by atoms with Crippen LogP contribution in [0, 0.1) is 10.1 Å². The van der Waals surface area contributed by atoms with E-state index in [2.05, 4.69) is 20.9 Å². The number of nitro groups is 1. The molecule has 1 aromatic heterocycles. The van der Waals surface area contributed by atoms with Gasteiger partial charge in [0.1, 0.15) is 12.4 Å². The van der Waals surface area contributed by atoms with Crippen LogP contribution in [0.3, 0.4) is 0 Å². The van der Waals surface area contributed by atoms with Gasteiger partial charge in [-0.1, -0.05) is 0 Å². The lowest BCUT2D eigenvalue weighted by Crippen LogP contribution is -1.96. The quantitative estimate of drug-likeness (QED) is 0.642. The van der Waals surface area contributed by atoms with E-state index in [1.807, 2.05) is 0 Å². The molecule has 2 rings (SSSR count). The Labute approximate surface area is 112 Å². The van der Waals surface area contributed by atoms with E-state index in [1.165, 1.54) is 12.1 Å². The number of rotatable bonds is 4. The van der Waals surface area contributed by atoms with Crippen LogP contribution in [0.15, 0.2) is 47.2 Å². The molecule has 92 valence electrons. The van der Waals surface area contributed by atoms with Crippen LogP contribution in [0.2, 0.25) is 0 Å². The SMILES string of the molecule is O=[N+]([O-])c1ccc(COc2cncc(Br)c2)cc1. The number of nitro benzene ring substituents is 1. The van der Waals surface area contributed by atoms with Crippen molar-refractivity contribution in [1.29, 1.82) is 0 Å². The Morgan fingerprint density at radius 1 is 1.28 bits per heavy atom. The highest BCUT2D eigenvalue weighted by molar-refractivity contribution is 9.10. The van der Waals surface area contributed by atoms with Gasteiger partial charge in [-0.05, 0) is 39.7 Å². The Balaban J connectivity index is 2.00. The fourth-order valence-electron chi connectivity index (χ4n) is 1.35. The van der Waals surface area contributed by atoms with Crippen molar-refractivity contribution in [3.05, 3.63) is 62.9 Å². The van der Waals surface area contributed by atoms with Gasteiger partial charge in [-0.15, -0.1) is 0 Å². The molecule has 0 atom stereocenters. The van der Waals surface area contributed by atoms with Gasteiger partial charge in [0, 0.05) is 22.8 Å². The van der Waals surface area contributed by atoms with Crippen molar-refractivity contribution in [2.75, 3.05) is 0 Å². The molecule has 0 N–H and O–H groups in total. The minimum Gasteiger partial charge on any atom is -0.487 e. The fraction of sp³-hybridized carbons (Fsp3) is 0.0833. The summed E-state index contributed by atoms with van der Waals surface area (Å²) in [4.78, 5) is 14.0. The summed E-state index contributed by atoms with van der Waals surface area (Å²) >= 11 is 3.30. The maximum absolute atomic E-state index is 10.5. The molecule has 6 heteroatoms. The van der Waals surface area contributed by atoms with Crippen molar-refractivity contribution in [1.82, 2.24) is 4.98 Å². The van der Waals surface area contributed by atoms with Crippen LogP contribution in [0.4, 0.5) is 5.69 Å². The summed E-state index contributed by atoms with van der Waals surface area (Å²) in [7, 11) is 0. The molecule has 0 unspecified atom stereocenters. The molecule has 0 amide bonds. The average Bonchev–Trinajstić information content (AvgIpc) is 2.37. The highest BCUT2D eigenvalue weighted by Gasteiger charge is 2.04. The zero-order valence-corrected chi connectivity index (χ0v) is 10.8. The zero-order valence-electron chi connectivity index (χ0n) is 9.25. The largest absolute Gasteiger partial charge is 0.487 e. The topological polar surface area (TPSA) is 65.3 Å². The monoisotopic (exact) mass is 308 g/mol. The van der Waals surface area contributed by atoms with Gasteiger partial charge in [0.15, 0.2) is 0 Å². The Kier molecular flexibility index (Phi) is 3.88. The molecule has 5 nitrogen and oxygen atoms in total. The number of halogens is 1.